The van der Waals surface area contributed by atoms with Crippen LogP contribution in [0.1, 0.15) is 5.56 Å². The van der Waals surface area contributed by atoms with E-state index in [1.807, 2.05) is 0 Å². The van der Waals surface area contributed by atoms with Crippen molar-refractivity contribution in [3.05, 3.63) is 52.6 Å². The van der Waals surface area contributed by atoms with Gasteiger partial charge in [0, 0.05) is 17.1 Å². The van der Waals surface area contributed by atoms with Crippen LogP contribution in [0.2, 0.25) is 5.02 Å². The lowest BCUT2D eigenvalue weighted by atomic mass is 9.97. The summed E-state index contributed by atoms with van der Waals surface area (Å²) in [5, 5.41) is 22.6. The number of tetrazole rings is 1. The van der Waals surface area contributed by atoms with E-state index in [0.29, 0.717) is 0 Å². The van der Waals surface area contributed by atoms with Crippen molar-refractivity contribution >= 4 is 17.6 Å². The number of carbonyl (C=O) groups excluding carboxylic acids is 1. The summed E-state index contributed by atoms with van der Waals surface area (Å²) in [6, 6.07) is 5.46. The lowest BCUT2D eigenvalue weighted by Crippen LogP contribution is -2.50. The number of alkyl halides is 2. The second kappa shape index (κ2) is 9.89. The molecule has 0 aliphatic heterocycles. The van der Waals surface area contributed by atoms with Crippen molar-refractivity contribution in [3.8, 4) is 22.5 Å². The third kappa shape index (κ3) is 5.49. The summed E-state index contributed by atoms with van der Waals surface area (Å²) in [5.74, 6) is -1.47. The zero-order valence-corrected chi connectivity index (χ0v) is 17.0. The zero-order chi connectivity index (χ0) is 23.4. The number of aliphatic hydroxyl groups is 1. The Morgan fingerprint density at radius 2 is 1.97 bits per heavy atom. The number of aliphatic hydroxyl groups excluding tert-OH is 1. The van der Waals surface area contributed by atoms with E-state index in [1.54, 1.807) is 10.9 Å². The largest absolute Gasteiger partial charge is 0.371 e. The Morgan fingerprint density at radius 3 is 2.59 bits per heavy atom. The lowest BCUT2D eigenvalue weighted by Gasteiger charge is -2.14. The van der Waals surface area contributed by atoms with Gasteiger partial charge in [0.25, 0.3) is 6.43 Å². The molecule has 0 saturated heterocycles. The molecule has 0 aliphatic carbocycles. The molecule has 0 spiro atoms. The van der Waals surface area contributed by atoms with Crippen LogP contribution in [0.25, 0.3) is 22.5 Å². The van der Waals surface area contributed by atoms with Gasteiger partial charge in [-0.15, -0.1) is 10.2 Å². The normalized spacial score (nSPS) is 12.1. The molecule has 1 heterocycles. The number of aryl methyl sites for hydroxylation is 1. The van der Waals surface area contributed by atoms with Crippen LogP contribution in [0.4, 0.5) is 22.4 Å². The SMILES string of the molecule is Cn1nnc(-c2c(F)cc(Cl)cc2-c2ccc(CNC(=O)NNC(O)C(F)F)c(F)c2)n1. The van der Waals surface area contributed by atoms with Gasteiger partial charge >= 0.3 is 6.03 Å². The van der Waals surface area contributed by atoms with Crippen LogP contribution in [0.3, 0.4) is 0 Å². The number of aromatic nitrogens is 4. The number of urea groups is 1. The molecule has 0 bridgehead atoms. The first kappa shape index (κ1) is 23.4. The molecule has 170 valence electrons. The van der Waals surface area contributed by atoms with Crippen molar-refractivity contribution in [2.75, 3.05) is 0 Å². The molecule has 0 fully saturated rings. The average Bonchev–Trinajstić information content (AvgIpc) is 3.15. The van der Waals surface area contributed by atoms with Gasteiger partial charge in [0.05, 0.1) is 12.6 Å². The predicted molar refractivity (Wildman–Crippen MR) is 105 cm³/mol. The van der Waals surface area contributed by atoms with Crippen molar-refractivity contribution in [1.82, 2.24) is 36.4 Å². The highest BCUT2D eigenvalue weighted by Crippen LogP contribution is 2.35. The molecule has 0 saturated carbocycles. The standard InChI is InChI=1S/C18H16ClF4N7O2/c1-30-28-16(25-29-30)14-11(5-10(19)6-13(14)21)8-2-3-9(12(20)4-8)7-24-18(32)27-26-17(31)15(22)23/h2-6,15,17,26,31H,7H2,1H3,(H2,24,27,32). The van der Waals surface area contributed by atoms with Gasteiger partial charge < -0.3 is 10.4 Å². The smallest absolute Gasteiger partial charge is 0.329 e. The fraction of sp³-hybridized carbons (Fsp3) is 0.222. The Kier molecular flexibility index (Phi) is 7.22. The first-order valence-corrected chi connectivity index (χ1v) is 9.31. The van der Waals surface area contributed by atoms with Gasteiger partial charge in [-0.3, -0.25) is 5.43 Å². The second-order valence-electron chi connectivity index (χ2n) is 6.45. The van der Waals surface area contributed by atoms with Crippen molar-refractivity contribution < 1.29 is 27.5 Å². The van der Waals surface area contributed by atoms with E-state index < -0.39 is 30.3 Å². The average molecular weight is 474 g/mol. The maximum absolute atomic E-state index is 14.6. The van der Waals surface area contributed by atoms with Gasteiger partial charge in [-0.2, -0.15) is 10.2 Å². The minimum atomic E-state index is -3.11. The maximum atomic E-state index is 14.6. The zero-order valence-electron chi connectivity index (χ0n) is 16.3. The molecule has 1 atom stereocenters. The fourth-order valence-electron chi connectivity index (χ4n) is 2.69. The number of amides is 2. The van der Waals surface area contributed by atoms with Crippen molar-refractivity contribution in [1.29, 1.82) is 0 Å². The maximum Gasteiger partial charge on any atom is 0.329 e. The topological polar surface area (TPSA) is 117 Å². The Bertz CT molecular complexity index is 1130. The number of carbonyl (C=O) groups is 1. The summed E-state index contributed by atoms with van der Waals surface area (Å²) in [6.45, 7) is -0.299. The summed E-state index contributed by atoms with van der Waals surface area (Å²) in [7, 11) is 1.51. The highest BCUT2D eigenvalue weighted by Gasteiger charge is 2.20. The molecule has 2 aromatic carbocycles. The number of benzene rings is 2. The highest BCUT2D eigenvalue weighted by molar-refractivity contribution is 6.31. The molecule has 0 radical (unpaired) electrons. The molecular formula is C18H16ClF4N7O2. The van der Waals surface area contributed by atoms with Crippen molar-refractivity contribution in [2.45, 2.75) is 19.2 Å². The summed E-state index contributed by atoms with van der Waals surface area (Å²) in [4.78, 5) is 12.7. The molecule has 2 amide bonds. The van der Waals surface area contributed by atoms with Crippen LogP contribution in [0, 0.1) is 11.6 Å². The van der Waals surface area contributed by atoms with Gasteiger partial charge in [0.2, 0.25) is 5.82 Å². The third-order valence-corrected chi connectivity index (χ3v) is 4.38. The van der Waals surface area contributed by atoms with Gasteiger partial charge in [-0.05, 0) is 34.5 Å². The van der Waals surface area contributed by atoms with Crippen LogP contribution < -0.4 is 16.2 Å². The predicted octanol–water partition coefficient (Wildman–Crippen LogP) is 2.36. The monoisotopic (exact) mass is 473 g/mol. The molecular weight excluding hydrogens is 458 g/mol. The van der Waals surface area contributed by atoms with E-state index in [0.717, 1.165) is 16.9 Å². The van der Waals surface area contributed by atoms with Crippen LogP contribution >= 0.6 is 11.6 Å². The molecule has 0 aliphatic rings. The second-order valence-corrected chi connectivity index (χ2v) is 6.89. The van der Waals surface area contributed by atoms with E-state index in [1.165, 1.54) is 25.2 Å². The van der Waals surface area contributed by atoms with E-state index in [-0.39, 0.29) is 39.6 Å². The molecule has 14 heteroatoms. The number of hydrazine groups is 1. The summed E-state index contributed by atoms with van der Waals surface area (Å²) < 4.78 is 53.6. The van der Waals surface area contributed by atoms with Gasteiger partial charge in [-0.1, -0.05) is 23.7 Å². The first-order valence-electron chi connectivity index (χ1n) is 8.93. The summed E-state index contributed by atoms with van der Waals surface area (Å²) in [6.07, 6.45) is -5.37. The van der Waals surface area contributed by atoms with E-state index in [2.05, 4.69) is 20.7 Å². The van der Waals surface area contributed by atoms with Crippen molar-refractivity contribution in [3.63, 3.8) is 0 Å². The van der Waals surface area contributed by atoms with Gasteiger partial charge in [0.1, 0.15) is 11.6 Å². The summed E-state index contributed by atoms with van der Waals surface area (Å²) >= 11 is 5.97. The quantitative estimate of drug-likeness (QED) is 0.238. The van der Waals surface area contributed by atoms with Crippen molar-refractivity contribution in [2.24, 2.45) is 7.05 Å². The Balaban J connectivity index is 1.79. The third-order valence-electron chi connectivity index (χ3n) is 4.16. The van der Waals surface area contributed by atoms with E-state index in [4.69, 9.17) is 16.7 Å². The Morgan fingerprint density at radius 1 is 1.22 bits per heavy atom. The minimum absolute atomic E-state index is 0.0158. The van der Waals surface area contributed by atoms with E-state index >= 15 is 0 Å². The number of hydrogen-bond donors (Lipinski definition) is 4. The highest BCUT2D eigenvalue weighted by atomic mass is 35.5. The Labute approximate surface area is 183 Å². The molecule has 9 nitrogen and oxygen atoms in total. The minimum Gasteiger partial charge on any atom is -0.371 e. The van der Waals surface area contributed by atoms with Gasteiger partial charge in [-0.25, -0.2) is 22.4 Å². The molecule has 3 rings (SSSR count). The van der Waals surface area contributed by atoms with Crippen LogP contribution in [0.15, 0.2) is 30.3 Å². The van der Waals surface area contributed by atoms with E-state index in [9.17, 15) is 22.4 Å². The molecule has 1 aromatic heterocycles. The van der Waals surface area contributed by atoms with Gasteiger partial charge in [0.15, 0.2) is 6.23 Å². The number of halogens is 5. The van der Waals surface area contributed by atoms with Crippen LogP contribution in [-0.4, -0.2) is 44.0 Å². The number of rotatable bonds is 7. The van der Waals surface area contributed by atoms with Crippen LogP contribution in [-0.2, 0) is 13.6 Å². The Hall–Kier alpha value is -3.29. The van der Waals surface area contributed by atoms with Crippen LogP contribution in [0.5, 0.6) is 0 Å². The molecule has 1 unspecified atom stereocenters. The molecule has 3 aromatic rings. The number of hydrogen-bond acceptors (Lipinski definition) is 6. The first-order chi connectivity index (χ1) is 15.2. The fourth-order valence-corrected chi connectivity index (χ4v) is 2.90. The molecule has 4 N–H and O–H groups in total. The lowest BCUT2D eigenvalue weighted by molar-refractivity contribution is -0.0298. The number of nitrogens with zero attached hydrogens (tertiary/aromatic N) is 4. The number of nitrogens with one attached hydrogen (secondary N) is 3. The summed E-state index contributed by atoms with van der Waals surface area (Å²) in [5.41, 5.74) is 4.01. The molecule has 32 heavy (non-hydrogen) atoms.